The lowest BCUT2D eigenvalue weighted by Crippen LogP contribution is -2.20. The van der Waals surface area contributed by atoms with Crippen LogP contribution < -0.4 is 11.1 Å². The van der Waals surface area contributed by atoms with Crippen LogP contribution in [0.1, 0.15) is 18.9 Å². The van der Waals surface area contributed by atoms with Gasteiger partial charge in [0.15, 0.2) is 0 Å². The largest absolute Gasteiger partial charge is 0.330 e. The molecule has 0 aromatic heterocycles. The minimum absolute atomic E-state index is 0.107. The average molecular weight is 275 g/mol. The Morgan fingerprint density at radius 2 is 2.06 bits per heavy atom. The number of rotatable bonds is 4. The normalized spacial score (nSPS) is 12.3. The van der Waals surface area contributed by atoms with Crippen LogP contribution in [-0.4, -0.2) is 12.5 Å². The predicted octanol–water partition coefficient (Wildman–Crippen LogP) is 3.23. The molecule has 0 aliphatic carbocycles. The fourth-order valence-corrected chi connectivity index (χ4v) is 1.77. The Labute approximate surface area is 111 Å². The van der Waals surface area contributed by atoms with Crippen LogP contribution >= 0.6 is 23.2 Å². The Balaban J connectivity index is 2.75. The monoisotopic (exact) mass is 274 g/mol. The summed E-state index contributed by atoms with van der Waals surface area (Å²) in [7, 11) is 0. The molecule has 1 rings (SSSR count). The molecule has 17 heavy (non-hydrogen) atoms. The third-order valence-corrected chi connectivity index (χ3v) is 3.18. The summed E-state index contributed by atoms with van der Waals surface area (Å²) in [4.78, 5) is 11.7. The van der Waals surface area contributed by atoms with Gasteiger partial charge < -0.3 is 11.1 Å². The molecule has 0 saturated carbocycles. The first-order valence-corrected chi connectivity index (χ1v) is 6.15. The highest BCUT2D eigenvalue weighted by Crippen LogP contribution is 2.28. The van der Waals surface area contributed by atoms with Crippen LogP contribution in [0.15, 0.2) is 12.1 Å². The molecule has 0 heterocycles. The van der Waals surface area contributed by atoms with Gasteiger partial charge in [0.1, 0.15) is 0 Å². The van der Waals surface area contributed by atoms with Crippen LogP contribution in [0.4, 0.5) is 5.69 Å². The van der Waals surface area contributed by atoms with E-state index < -0.39 is 0 Å². The summed E-state index contributed by atoms with van der Waals surface area (Å²) in [5.41, 5.74) is 6.88. The quantitative estimate of drug-likeness (QED) is 0.886. The van der Waals surface area contributed by atoms with Crippen molar-refractivity contribution in [2.75, 3.05) is 11.9 Å². The molecule has 0 aliphatic rings. The fourth-order valence-electron chi connectivity index (χ4n) is 1.34. The maximum absolute atomic E-state index is 11.7. The molecular weight excluding hydrogens is 259 g/mol. The van der Waals surface area contributed by atoms with Gasteiger partial charge >= 0.3 is 0 Å². The van der Waals surface area contributed by atoms with Crippen molar-refractivity contribution in [2.24, 2.45) is 11.7 Å². The number of carbonyl (C=O) groups is 1. The summed E-state index contributed by atoms with van der Waals surface area (Å²) in [5.74, 6) is 0.0412. The van der Waals surface area contributed by atoms with Gasteiger partial charge in [-0.1, -0.05) is 30.1 Å². The van der Waals surface area contributed by atoms with Crippen LogP contribution in [0.5, 0.6) is 0 Å². The number of carbonyl (C=O) groups excluding carboxylic acids is 1. The molecular formula is C12H16Cl2N2O. The summed E-state index contributed by atoms with van der Waals surface area (Å²) in [6.45, 7) is 4.26. The molecule has 1 aromatic carbocycles. The first-order chi connectivity index (χ1) is 7.93. The zero-order chi connectivity index (χ0) is 13.0. The summed E-state index contributed by atoms with van der Waals surface area (Å²) < 4.78 is 0. The minimum Gasteiger partial charge on any atom is -0.330 e. The Hall–Kier alpha value is -0.770. The maximum atomic E-state index is 11.7. The van der Waals surface area contributed by atoms with Crippen molar-refractivity contribution in [3.8, 4) is 0 Å². The van der Waals surface area contributed by atoms with E-state index in [1.54, 1.807) is 12.1 Å². The van der Waals surface area contributed by atoms with E-state index >= 15 is 0 Å². The van der Waals surface area contributed by atoms with E-state index in [0.29, 0.717) is 28.7 Å². The number of aryl methyl sites for hydroxylation is 1. The lowest BCUT2D eigenvalue weighted by atomic mass is 10.1. The summed E-state index contributed by atoms with van der Waals surface area (Å²) in [6, 6.07) is 3.39. The molecule has 0 spiro atoms. The molecule has 1 unspecified atom stereocenters. The van der Waals surface area contributed by atoms with Crippen molar-refractivity contribution in [3.05, 3.63) is 27.7 Å². The molecule has 1 amide bonds. The van der Waals surface area contributed by atoms with E-state index in [0.717, 1.165) is 5.56 Å². The van der Waals surface area contributed by atoms with Gasteiger partial charge in [-0.2, -0.15) is 0 Å². The summed E-state index contributed by atoms with van der Waals surface area (Å²) >= 11 is 12.0. The van der Waals surface area contributed by atoms with E-state index in [4.69, 9.17) is 28.9 Å². The molecule has 0 aliphatic heterocycles. The third-order valence-electron chi connectivity index (χ3n) is 2.46. The second kappa shape index (κ2) is 6.24. The van der Waals surface area contributed by atoms with Crippen molar-refractivity contribution in [1.29, 1.82) is 0 Å². The van der Waals surface area contributed by atoms with Crippen LogP contribution in [0, 0.1) is 12.8 Å². The van der Waals surface area contributed by atoms with Crippen molar-refractivity contribution < 1.29 is 4.79 Å². The van der Waals surface area contributed by atoms with Crippen molar-refractivity contribution in [2.45, 2.75) is 20.3 Å². The lowest BCUT2D eigenvalue weighted by molar-refractivity contribution is -0.116. The Morgan fingerprint density at radius 1 is 1.41 bits per heavy atom. The van der Waals surface area contributed by atoms with E-state index in [-0.39, 0.29) is 11.8 Å². The standard InChI is InChI=1S/C12H16Cl2N2O/c1-7(6-15)3-12(17)16-11-5-9(13)8(2)4-10(11)14/h4-5,7H,3,6,15H2,1-2H3,(H,16,17). The van der Waals surface area contributed by atoms with Crippen LogP contribution in [0.25, 0.3) is 0 Å². The van der Waals surface area contributed by atoms with Crippen molar-refractivity contribution in [1.82, 2.24) is 0 Å². The second-order valence-electron chi connectivity index (χ2n) is 4.17. The predicted molar refractivity (Wildman–Crippen MR) is 72.7 cm³/mol. The molecule has 0 bridgehead atoms. The molecule has 3 N–H and O–H groups in total. The molecule has 0 saturated heterocycles. The molecule has 1 aromatic rings. The van der Waals surface area contributed by atoms with E-state index in [9.17, 15) is 4.79 Å². The number of amides is 1. The first kappa shape index (κ1) is 14.3. The van der Waals surface area contributed by atoms with E-state index in [1.165, 1.54) is 0 Å². The molecule has 1 atom stereocenters. The highest BCUT2D eigenvalue weighted by Gasteiger charge is 2.11. The van der Waals surface area contributed by atoms with Crippen LogP contribution in [-0.2, 0) is 4.79 Å². The highest BCUT2D eigenvalue weighted by atomic mass is 35.5. The van der Waals surface area contributed by atoms with Crippen molar-refractivity contribution >= 4 is 34.8 Å². The number of anilines is 1. The first-order valence-electron chi connectivity index (χ1n) is 5.39. The molecule has 3 nitrogen and oxygen atoms in total. The number of halogens is 2. The van der Waals surface area contributed by atoms with Gasteiger partial charge in [0.05, 0.1) is 10.7 Å². The van der Waals surface area contributed by atoms with E-state index in [2.05, 4.69) is 5.32 Å². The molecule has 0 radical (unpaired) electrons. The zero-order valence-electron chi connectivity index (χ0n) is 9.89. The Kier molecular flexibility index (Phi) is 5.25. The average Bonchev–Trinajstić information content (AvgIpc) is 2.25. The van der Waals surface area contributed by atoms with Crippen molar-refractivity contribution in [3.63, 3.8) is 0 Å². The van der Waals surface area contributed by atoms with Gasteiger partial charge in [0.25, 0.3) is 0 Å². The van der Waals surface area contributed by atoms with Gasteiger partial charge in [-0.15, -0.1) is 0 Å². The SMILES string of the molecule is Cc1cc(Cl)c(NC(=O)CC(C)CN)cc1Cl. The van der Waals surface area contributed by atoms with Gasteiger partial charge in [-0.05, 0) is 37.1 Å². The Morgan fingerprint density at radius 3 is 2.65 bits per heavy atom. The number of nitrogens with two attached hydrogens (primary N) is 1. The topological polar surface area (TPSA) is 55.1 Å². The van der Waals surface area contributed by atoms with Gasteiger partial charge in [-0.25, -0.2) is 0 Å². The maximum Gasteiger partial charge on any atom is 0.224 e. The number of benzene rings is 1. The van der Waals surface area contributed by atoms with Crippen LogP contribution in [0.2, 0.25) is 10.0 Å². The third kappa shape index (κ3) is 4.19. The smallest absolute Gasteiger partial charge is 0.224 e. The second-order valence-corrected chi connectivity index (χ2v) is 4.99. The summed E-state index contributed by atoms with van der Waals surface area (Å²) in [6.07, 6.45) is 0.373. The summed E-state index contributed by atoms with van der Waals surface area (Å²) in [5, 5.41) is 3.80. The van der Waals surface area contributed by atoms with Gasteiger partial charge in [-0.3, -0.25) is 4.79 Å². The zero-order valence-corrected chi connectivity index (χ0v) is 11.4. The molecule has 0 fully saturated rings. The van der Waals surface area contributed by atoms with E-state index in [1.807, 2.05) is 13.8 Å². The fraction of sp³-hybridized carbons (Fsp3) is 0.417. The lowest BCUT2D eigenvalue weighted by Gasteiger charge is -2.11. The minimum atomic E-state index is -0.107. The Bertz CT molecular complexity index is 421. The molecule has 5 heteroatoms. The van der Waals surface area contributed by atoms with Gasteiger partial charge in [0.2, 0.25) is 5.91 Å². The number of nitrogens with one attached hydrogen (secondary N) is 1. The number of hydrogen-bond acceptors (Lipinski definition) is 2. The highest BCUT2D eigenvalue weighted by molar-refractivity contribution is 6.36. The number of hydrogen-bond donors (Lipinski definition) is 2. The van der Waals surface area contributed by atoms with Gasteiger partial charge in [0, 0.05) is 11.4 Å². The van der Waals surface area contributed by atoms with Crippen LogP contribution in [0.3, 0.4) is 0 Å². The molecule has 94 valence electrons.